The van der Waals surface area contributed by atoms with Crippen molar-refractivity contribution in [3.05, 3.63) is 33.4 Å². The number of amides is 1. The van der Waals surface area contributed by atoms with Crippen LogP contribution in [-0.4, -0.2) is 48.8 Å². The molecule has 1 saturated heterocycles. The molecule has 2 fully saturated rings. The van der Waals surface area contributed by atoms with Crippen LogP contribution < -0.4 is 21.4 Å². The summed E-state index contributed by atoms with van der Waals surface area (Å²) in [5.41, 5.74) is 4.33. The Kier molecular flexibility index (Phi) is 6.85. The molecular formula is C24H30BF3N4O5. The standard InChI is InChI=1S/C24H30BF3N4O5/c1-11-8-31(10-15(11)30-23(35)36-24(3,4)5)20-12(2)19-16(18(29)17(20)26)21(33)14(22(34)37-25(27)28)9-32(19)13-6-7-13/h9,11,13,15H,6-8,10,29H2,1-5H3,(H,30,35)/t11-,15-/m1/s1. The second-order valence-electron chi connectivity index (χ2n) is 10.7. The van der Waals surface area contributed by atoms with Gasteiger partial charge in [-0.25, -0.2) is 22.6 Å². The molecule has 3 N–H and O–H groups in total. The Morgan fingerprint density at radius 1 is 1.22 bits per heavy atom. The number of rotatable bonds is 5. The Hall–Kier alpha value is -3.38. The van der Waals surface area contributed by atoms with E-state index >= 15 is 4.39 Å². The minimum absolute atomic E-state index is 0.0552. The number of nitrogen functional groups attached to an aromatic ring is 1. The van der Waals surface area contributed by atoms with E-state index in [0.29, 0.717) is 17.6 Å². The molecule has 1 aliphatic carbocycles. The lowest BCUT2D eigenvalue weighted by atomic mass is 10.0. The SMILES string of the molecule is Cc1c(N2C[C@@H](C)[C@H](NC(=O)OC(C)(C)C)C2)c(F)c(N)c2c(=O)c(C(=O)OB(F)F)cn(C3CC3)c12. The van der Waals surface area contributed by atoms with Gasteiger partial charge in [0.25, 0.3) is 0 Å². The molecular weight excluding hydrogens is 492 g/mol. The van der Waals surface area contributed by atoms with E-state index in [1.807, 2.05) is 6.92 Å². The van der Waals surface area contributed by atoms with E-state index in [-0.39, 0.29) is 35.6 Å². The number of nitrogens with zero attached hydrogens (tertiary/aromatic N) is 2. The molecule has 1 aromatic heterocycles. The molecule has 0 spiro atoms. The van der Waals surface area contributed by atoms with Gasteiger partial charge in [-0.15, -0.1) is 0 Å². The number of benzene rings is 1. The van der Waals surface area contributed by atoms with Crippen LogP contribution in [0.1, 0.15) is 62.5 Å². The number of hydrogen-bond donors (Lipinski definition) is 2. The number of nitrogens with two attached hydrogens (primary N) is 1. The number of alkyl carbamates (subject to hydrolysis) is 1. The van der Waals surface area contributed by atoms with Crippen molar-refractivity contribution in [1.82, 2.24) is 9.88 Å². The number of ether oxygens (including phenoxy) is 1. The van der Waals surface area contributed by atoms with Gasteiger partial charge in [0.15, 0.2) is 5.82 Å². The molecule has 9 nitrogen and oxygen atoms in total. The fraction of sp³-hybridized carbons (Fsp3) is 0.542. The number of halogens is 3. The van der Waals surface area contributed by atoms with Crippen molar-refractivity contribution in [3.63, 3.8) is 0 Å². The number of carbonyl (C=O) groups is 2. The van der Waals surface area contributed by atoms with E-state index in [1.54, 1.807) is 37.2 Å². The Morgan fingerprint density at radius 2 is 1.86 bits per heavy atom. The van der Waals surface area contributed by atoms with Gasteiger partial charge in [0.2, 0.25) is 5.43 Å². The Labute approximate surface area is 212 Å². The molecule has 0 bridgehead atoms. The summed E-state index contributed by atoms with van der Waals surface area (Å²) in [5, 5.41) is 2.59. The molecule has 13 heteroatoms. The first-order chi connectivity index (χ1) is 17.2. The van der Waals surface area contributed by atoms with Gasteiger partial charge in [0.05, 0.1) is 28.3 Å². The molecule has 1 amide bonds. The van der Waals surface area contributed by atoms with E-state index in [4.69, 9.17) is 10.5 Å². The van der Waals surface area contributed by atoms with E-state index in [0.717, 1.165) is 12.8 Å². The monoisotopic (exact) mass is 522 g/mol. The van der Waals surface area contributed by atoms with Gasteiger partial charge < -0.3 is 29.9 Å². The largest absolute Gasteiger partial charge is 0.798 e. The average Bonchev–Trinajstić information content (AvgIpc) is 3.54. The van der Waals surface area contributed by atoms with Gasteiger partial charge in [-0.3, -0.25) is 4.79 Å². The number of anilines is 2. The quantitative estimate of drug-likeness (QED) is 0.454. The summed E-state index contributed by atoms with van der Waals surface area (Å²) in [6.45, 7) is 9.50. The van der Waals surface area contributed by atoms with Crippen molar-refractivity contribution in [1.29, 1.82) is 0 Å². The highest BCUT2D eigenvalue weighted by molar-refractivity contribution is 6.38. The number of aromatic nitrogens is 1. The third-order valence-corrected chi connectivity index (χ3v) is 6.65. The Morgan fingerprint density at radius 3 is 2.43 bits per heavy atom. The maximum Gasteiger partial charge on any atom is 0.798 e. The number of carbonyl (C=O) groups excluding carboxylic acids is 2. The van der Waals surface area contributed by atoms with Crippen LogP contribution in [0.25, 0.3) is 10.9 Å². The zero-order valence-electron chi connectivity index (χ0n) is 21.4. The molecule has 0 unspecified atom stereocenters. The number of aryl methyl sites for hydroxylation is 1. The molecule has 2 aliphatic rings. The van der Waals surface area contributed by atoms with Crippen LogP contribution in [0.4, 0.5) is 29.2 Å². The van der Waals surface area contributed by atoms with Gasteiger partial charge in [-0.05, 0) is 52.0 Å². The van der Waals surface area contributed by atoms with Crippen molar-refractivity contribution in [2.45, 2.75) is 65.1 Å². The van der Waals surface area contributed by atoms with Crippen LogP contribution in [-0.2, 0) is 9.39 Å². The molecule has 1 aliphatic heterocycles. The van der Waals surface area contributed by atoms with Crippen LogP contribution in [0, 0.1) is 18.7 Å². The summed E-state index contributed by atoms with van der Waals surface area (Å²) in [4.78, 5) is 39.5. The molecule has 2 atom stereocenters. The molecule has 1 aromatic carbocycles. The maximum absolute atomic E-state index is 15.8. The second-order valence-corrected chi connectivity index (χ2v) is 10.7. The van der Waals surface area contributed by atoms with Crippen molar-refractivity contribution >= 4 is 41.8 Å². The van der Waals surface area contributed by atoms with Gasteiger partial charge in [0.1, 0.15) is 11.2 Å². The normalized spacial score (nSPS) is 19.7. The second kappa shape index (κ2) is 9.49. The van der Waals surface area contributed by atoms with Crippen LogP contribution in [0.15, 0.2) is 11.0 Å². The topological polar surface area (TPSA) is 116 Å². The average molecular weight is 522 g/mol. The zero-order valence-corrected chi connectivity index (χ0v) is 21.4. The Balaban J connectivity index is 1.78. The summed E-state index contributed by atoms with van der Waals surface area (Å²) in [5.74, 6) is -2.41. The third kappa shape index (κ3) is 5.21. The van der Waals surface area contributed by atoms with Crippen molar-refractivity contribution in [2.75, 3.05) is 23.7 Å². The summed E-state index contributed by atoms with van der Waals surface area (Å²) in [6.07, 6.45) is 2.08. The van der Waals surface area contributed by atoms with E-state index in [9.17, 15) is 23.0 Å². The first-order valence-electron chi connectivity index (χ1n) is 12.1. The van der Waals surface area contributed by atoms with Gasteiger partial charge in [0, 0.05) is 25.3 Å². The summed E-state index contributed by atoms with van der Waals surface area (Å²) < 4.78 is 52.0. The third-order valence-electron chi connectivity index (χ3n) is 6.65. The first-order valence-corrected chi connectivity index (χ1v) is 12.1. The molecule has 2 heterocycles. The molecule has 0 radical (unpaired) electrons. The molecule has 4 rings (SSSR count). The minimum Gasteiger partial charge on any atom is -0.474 e. The smallest absolute Gasteiger partial charge is 0.474 e. The van der Waals surface area contributed by atoms with E-state index < -0.39 is 47.6 Å². The fourth-order valence-corrected chi connectivity index (χ4v) is 4.88. The fourth-order valence-electron chi connectivity index (χ4n) is 4.88. The van der Waals surface area contributed by atoms with Crippen molar-refractivity contribution in [2.24, 2.45) is 5.92 Å². The molecule has 200 valence electrons. The maximum atomic E-state index is 15.8. The summed E-state index contributed by atoms with van der Waals surface area (Å²) in [7, 11) is -3.41. The highest BCUT2D eigenvalue weighted by Crippen LogP contribution is 2.43. The van der Waals surface area contributed by atoms with Gasteiger partial charge >= 0.3 is 19.5 Å². The summed E-state index contributed by atoms with van der Waals surface area (Å²) in [6, 6.07) is -0.431. The van der Waals surface area contributed by atoms with Crippen LogP contribution in [0.5, 0.6) is 0 Å². The van der Waals surface area contributed by atoms with Crippen molar-refractivity contribution < 1.29 is 32.0 Å². The van der Waals surface area contributed by atoms with Crippen LogP contribution >= 0.6 is 0 Å². The molecule has 1 saturated carbocycles. The van der Waals surface area contributed by atoms with Gasteiger partial charge in [-0.1, -0.05) is 6.92 Å². The minimum atomic E-state index is -3.41. The van der Waals surface area contributed by atoms with E-state index in [1.165, 1.54) is 6.20 Å². The lowest BCUT2D eigenvalue weighted by Crippen LogP contribution is -2.42. The predicted molar refractivity (Wildman–Crippen MR) is 134 cm³/mol. The number of nitrogens with one attached hydrogen (secondary N) is 1. The van der Waals surface area contributed by atoms with Crippen molar-refractivity contribution in [3.8, 4) is 0 Å². The lowest BCUT2D eigenvalue weighted by molar-refractivity contribution is 0.0499. The zero-order chi connectivity index (χ0) is 27.4. The van der Waals surface area contributed by atoms with Crippen LogP contribution in [0.2, 0.25) is 0 Å². The first kappa shape index (κ1) is 26.7. The highest BCUT2D eigenvalue weighted by Gasteiger charge is 2.37. The summed E-state index contributed by atoms with van der Waals surface area (Å²) >= 11 is 0. The number of fused-ring (bicyclic) bond motifs is 1. The van der Waals surface area contributed by atoms with Crippen LogP contribution in [0.3, 0.4) is 0 Å². The lowest BCUT2D eigenvalue weighted by Gasteiger charge is -2.26. The van der Waals surface area contributed by atoms with Gasteiger partial charge in [-0.2, -0.15) is 0 Å². The highest BCUT2D eigenvalue weighted by atomic mass is 19.2. The molecule has 2 aromatic rings. The van der Waals surface area contributed by atoms with E-state index in [2.05, 4.69) is 9.97 Å². The predicted octanol–water partition coefficient (Wildman–Crippen LogP) is 3.80. The molecule has 37 heavy (non-hydrogen) atoms. The Bertz CT molecular complexity index is 1320. The number of pyridine rings is 1. The number of hydrogen-bond acceptors (Lipinski definition) is 7.